The first kappa shape index (κ1) is 49.4. The van der Waals surface area contributed by atoms with E-state index in [2.05, 4.69) is 93.8 Å². The van der Waals surface area contributed by atoms with Crippen LogP contribution in [0.2, 0.25) is 0 Å². The monoisotopic (exact) mass is 973 g/mol. The number of likely N-dealkylation sites (tertiary alicyclic amines) is 5. The van der Waals surface area contributed by atoms with Crippen molar-refractivity contribution in [1.29, 1.82) is 0 Å². The number of morpholine rings is 1. The molecule has 0 N–H and O–H groups in total. The number of hydrogen-bond donors (Lipinski definition) is 0. The van der Waals surface area contributed by atoms with Gasteiger partial charge in [0.25, 0.3) is 0 Å². The first-order valence-electron chi connectivity index (χ1n) is 27.3. The maximum atomic E-state index is 13.1. The molecule has 13 nitrogen and oxygen atoms in total. The van der Waals surface area contributed by atoms with Crippen LogP contribution in [0.25, 0.3) is 0 Å². The zero-order valence-electron chi connectivity index (χ0n) is 43.6. The molecule has 71 heavy (non-hydrogen) atoms. The van der Waals surface area contributed by atoms with Crippen molar-refractivity contribution in [2.24, 2.45) is 0 Å². The number of fused-ring (bicyclic) bond motifs is 12. The fourth-order valence-electron chi connectivity index (χ4n) is 14.5. The number of hydrogen-bond acceptors (Lipinski definition) is 7. The summed E-state index contributed by atoms with van der Waals surface area (Å²) >= 11 is 0. The van der Waals surface area contributed by atoms with Crippen LogP contribution in [0.3, 0.4) is 0 Å². The quantitative estimate of drug-likeness (QED) is 0.243. The second-order valence-corrected chi connectivity index (χ2v) is 22.2. The Morgan fingerprint density at radius 2 is 0.789 bits per heavy atom. The van der Waals surface area contributed by atoms with Gasteiger partial charge in [0.2, 0.25) is 0 Å². The van der Waals surface area contributed by atoms with E-state index in [9.17, 15) is 14.4 Å². The van der Waals surface area contributed by atoms with Crippen LogP contribution in [-0.2, 0) is 40.2 Å². The lowest BCUT2D eigenvalue weighted by molar-refractivity contribution is 0.0420. The largest absolute Gasteiger partial charge is 0.497 e. The Hall–Kier alpha value is -5.17. The lowest BCUT2D eigenvalue weighted by Gasteiger charge is -2.34. The number of urea groups is 3. The van der Waals surface area contributed by atoms with Crippen LogP contribution in [0.4, 0.5) is 14.4 Å². The predicted octanol–water partition coefficient (Wildman–Crippen LogP) is 9.19. The Balaban J connectivity index is 0.000000123. The molecule has 12 rings (SSSR count). The van der Waals surface area contributed by atoms with Gasteiger partial charge in [-0.25, -0.2) is 14.4 Å². The van der Waals surface area contributed by atoms with Gasteiger partial charge in [-0.1, -0.05) is 39.0 Å². The molecule has 6 fully saturated rings. The number of amides is 6. The highest BCUT2D eigenvalue weighted by Gasteiger charge is 2.53. The number of carbonyl (C=O) groups excluding carboxylic acids is 3. The molecule has 0 saturated carbocycles. The van der Waals surface area contributed by atoms with Crippen molar-refractivity contribution in [3.63, 3.8) is 0 Å². The molecule has 3 aromatic rings. The third-order valence-corrected chi connectivity index (χ3v) is 18.7. The molecule has 3 aliphatic carbocycles. The molecule has 6 aliphatic heterocycles. The second kappa shape index (κ2) is 20.4. The Bertz CT molecular complexity index is 2320. The molecule has 0 aromatic heterocycles. The van der Waals surface area contributed by atoms with Gasteiger partial charge < -0.3 is 48.3 Å². The number of ether oxygens (including phenoxy) is 4. The lowest BCUT2D eigenvalue weighted by Crippen LogP contribution is -2.50. The maximum Gasteiger partial charge on any atom is 0.320 e. The number of nitrogens with zero attached hydrogens (tertiary/aromatic N) is 6. The van der Waals surface area contributed by atoms with Crippen molar-refractivity contribution in [3.8, 4) is 17.2 Å². The number of rotatable bonds is 6. The fraction of sp³-hybridized carbons (Fsp3) is 0.638. The van der Waals surface area contributed by atoms with E-state index in [1.54, 1.807) is 21.3 Å². The number of carbonyl (C=O) groups is 3. The second-order valence-electron chi connectivity index (χ2n) is 22.2. The average molecular weight is 973 g/mol. The van der Waals surface area contributed by atoms with Gasteiger partial charge in [-0.2, -0.15) is 0 Å². The van der Waals surface area contributed by atoms with Crippen molar-refractivity contribution in [3.05, 3.63) is 88.0 Å². The average Bonchev–Trinajstić information content (AvgIpc) is 4.22. The van der Waals surface area contributed by atoms with Crippen molar-refractivity contribution >= 4 is 18.1 Å². The van der Waals surface area contributed by atoms with Gasteiger partial charge in [-0.15, -0.1) is 0 Å². The molecular formula is C58H80N6O7. The number of methoxy groups -OCH3 is 3. The highest BCUT2D eigenvalue weighted by Crippen LogP contribution is 2.51. The van der Waals surface area contributed by atoms with Crippen molar-refractivity contribution in [2.45, 2.75) is 145 Å². The Morgan fingerprint density at radius 1 is 0.479 bits per heavy atom. The maximum absolute atomic E-state index is 13.1. The molecule has 6 atom stereocenters. The van der Waals surface area contributed by atoms with Gasteiger partial charge >= 0.3 is 18.1 Å². The molecular weight excluding hydrogens is 893 g/mol. The highest BCUT2D eigenvalue weighted by atomic mass is 16.5. The highest BCUT2D eigenvalue weighted by molar-refractivity contribution is 5.78. The van der Waals surface area contributed by atoms with E-state index in [4.69, 9.17) is 18.9 Å². The standard InChI is InChI=1S/C20H28N2O2.C19H26N2O3.C19H26N2O2/c1-3-20-13-16(11-15-7-8-17(24-2)12-18(15)20)22(14-20)19(23)21-9-5-4-6-10-21;1-3-19-12-15(10-14-4-5-16(23-2)11-17(14)19)21(13-19)18(22)20-6-8-24-9-7-20;1-3-19-12-15(10-14-6-7-16(23-2)11-17(14)19)21(13-19)18(22)20-8-4-5-9-20/h7-8,12,16H,3-6,9-11,13-14H2,1-2H3;4-5,11,15H,3,6-10,12-13H2,1-2H3;6-7,11,15H,3-5,8-10,12-13H2,1-2H3. The summed E-state index contributed by atoms with van der Waals surface area (Å²) in [6, 6.07) is 21.1. The van der Waals surface area contributed by atoms with Gasteiger partial charge in [-0.05, 0) is 160 Å². The van der Waals surface area contributed by atoms with E-state index in [-0.39, 0.29) is 34.3 Å². The van der Waals surface area contributed by atoms with Crippen molar-refractivity contribution < 1.29 is 33.3 Å². The molecule has 384 valence electrons. The predicted molar refractivity (Wildman–Crippen MR) is 276 cm³/mol. The van der Waals surface area contributed by atoms with Crippen LogP contribution in [0.1, 0.15) is 125 Å². The van der Waals surface area contributed by atoms with Crippen molar-refractivity contribution in [1.82, 2.24) is 29.4 Å². The summed E-state index contributed by atoms with van der Waals surface area (Å²) in [5.41, 5.74) is 8.70. The van der Waals surface area contributed by atoms with Crippen LogP contribution in [0.15, 0.2) is 54.6 Å². The summed E-state index contributed by atoms with van der Waals surface area (Å²) in [6.07, 6.45) is 15.3. The van der Waals surface area contributed by atoms with Gasteiger partial charge in [0.1, 0.15) is 17.2 Å². The van der Waals surface area contributed by atoms with Gasteiger partial charge in [-0.3, -0.25) is 0 Å². The van der Waals surface area contributed by atoms with Crippen LogP contribution >= 0.6 is 0 Å². The summed E-state index contributed by atoms with van der Waals surface area (Å²) in [7, 11) is 5.17. The summed E-state index contributed by atoms with van der Waals surface area (Å²) < 4.78 is 21.7. The van der Waals surface area contributed by atoms with Gasteiger partial charge in [0.15, 0.2) is 0 Å². The zero-order valence-corrected chi connectivity index (χ0v) is 43.6. The first-order valence-corrected chi connectivity index (χ1v) is 27.3. The van der Waals surface area contributed by atoms with E-state index >= 15 is 0 Å². The Morgan fingerprint density at radius 3 is 1.10 bits per heavy atom. The van der Waals surface area contributed by atoms with Crippen LogP contribution in [0, 0.1) is 0 Å². The molecule has 13 heteroatoms. The summed E-state index contributed by atoms with van der Waals surface area (Å²) in [6.45, 7) is 15.8. The van der Waals surface area contributed by atoms with E-state index in [1.807, 2.05) is 11.0 Å². The lowest BCUT2D eigenvalue weighted by atomic mass is 9.70. The molecule has 3 aromatic carbocycles. The zero-order chi connectivity index (χ0) is 49.5. The minimum absolute atomic E-state index is 0.0781. The molecule has 6 heterocycles. The number of piperidine rings is 1. The normalized spacial score (nSPS) is 28.7. The molecule has 6 amide bonds. The van der Waals surface area contributed by atoms with Crippen LogP contribution in [0.5, 0.6) is 17.2 Å². The Kier molecular flexibility index (Phi) is 14.2. The van der Waals surface area contributed by atoms with Gasteiger partial charge in [0.05, 0.1) is 34.5 Å². The summed E-state index contributed by atoms with van der Waals surface area (Å²) in [4.78, 5) is 51.7. The minimum Gasteiger partial charge on any atom is -0.497 e. The van der Waals surface area contributed by atoms with Crippen LogP contribution < -0.4 is 14.2 Å². The topological polar surface area (TPSA) is 108 Å². The number of benzene rings is 3. The smallest absolute Gasteiger partial charge is 0.320 e. The third-order valence-electron chi connectivity index (χ3n) is 18.7. The van der Waals surface area contributed by atoms with E-state index < -0.39 is 0 Å². The molecule has 6 unspecified atom stereocenters. The molecule has 0 radical (unpaired) electrons. The molecule has 9 aliphatic rings. The molecule has 6 bridgehead atoms. The first-order chi connectivity index (χ1) is 34.5. The van der Waals surface area contributed by atoms with Gasteiger partial charge in [0, 0.05) is 93.3 Å². The molecule has 0 spiro atoms. The Labute approximate surface area is 423 Å². The summed E-state index contributed by atoms with van der Waals surface area (Å²) in [5, 5.41) is 0. The summed E-state index contributed by atoms with van der Waals surface area (Å²) in [5.74, 6) is 2.78. The molecule has 6 saturated heterocycles. The van der Waals surface area contributed by atoms with E-state index in [1.165, 1.54) is 39.8 Å². The minimum atomic E-state index is 0.0781. The fourth-order valence-corrected chi connectivity index (χ4v) is 14.5. The van der Waals surface area contributed by atoms with Crippen LogP contribution in [-0.4, -0.2) is 159 Å². The SMILES string of the molecule is CCC12CC(Cc3ccc(OC)cc31)N(C(=O)N1CCCC1)C2.CCC12CC(Cc3ccc(OC)cc31)N(C(=O)N1CCCCC1)C2.CCC12CC(Cc3ccc(OC)cc31)N(C(=O)N1CCOCC1)C2. The van der Waals surface area contributed by atoms with Crippen molar-refractivity contribution in [2.75, 3.05) is 93.4 Å². The van der Waals surface area contributed by atoms with E-state index in [0.717, 1.165) is 147 Å². The van der Waals surface area contributed by atoms with E-state index in [0.29, 0.717) is 44.4 Å². The third kappa shape index (κ3) is 9.09.